The van der Waals surface area contributed by atoms with Crippen LogP contribution in [0.25, 0.3) is 10.4 Å². The lowest BCUT2D eigenvalue weighted by Crippen LogP contribution is -2.36. The minimum Gasteiger partial charge on any atom is -0.300 e. The van der Waals surface area contributed by atoms with Gasteiger partial charge >= 0.3 is 0 Å². The van der Waals surface area contributed by atoms with Gasteiger partial charge in [0.25, 0.3) is 0 Å². The summed E-state index contributed by atoms with van der Waals surface area (Å²) in [5, 5.41) is 11.0. The van der Waals surface area contributed by atoms with E-state index in [1.54, 1.807) is 22.9 Å². The van der Waals surface area contributed by atoms with Gasteiger partial charge in [-0.05, 0) is 42.3 Å². The highest BCUT2D eigenvalue weighted by Crippen LogP contribution is 2.46. The van der Waals surface area contributed by atoms with Gasteiger partial charge in [0, 0.05) is 15.7 Å². The molecule has 7 heteroatoms. The second-order valence-electron chi connectivity index (χ2n) is 7.98. The third-order valence-electron chi connectivity index (χ3n) is 5.32. The second kappa shape index (κ2) is 8.69. The van der Waals surface area contributed by atoms with Crippen LogP contribution in [0.4, 0.5) is 9.52 Å². The number of carbonyl (C=O) groups is 1. The standard InChI is InChI=1S/C24H22FN3OS2/c1-15-7-9-16(10-8-15)19-11-12-20(31-19)21(17-5-4-6-18(25)13-17)24(2,3)22(29)27-23-28-26-14-30-23/h4-14,21H,1-3H3,(H,27,28,29)/t21-/m0/s1. The molecule has 0 saturated carbocycles. The molecular weight excluding hydrogens is 429 g/mol. The summed E-state index contributed by atoms with van der Waals surface area (Å²) in [6.45, 7) is 5.82. The molecule has 0 unspecified atom stereocenters. The number of nitrogens with zero attached hydrogens (tertiary/aromatic N) is 2. The van der Waals surface area contributed by atoms with Crippen LogP contribution in [0.5, 0.6) is 0 Å². The molecule has 2 aromatic carbocycles. The summed E-state index contributed by atoms with van der Waals surface area (Å²) in [6, 6.07) is 18.9. The number of aromatic nitrogens is 2. The fourth-order valence-electron chi connectivity index (χ4n) is 3.62. The molecule has 0 aliphatic rings. The Hall–Kier alpha value is -2.90. The van der Waals surface area contributed by atoms with Crippen LogP contribution in [-0.2, 0) is 4.79 Å². The Morgan fingerprint density at radius 3 is 2.55 bits per heavy atom. The number of carbonyl (C=O) groups excluding carboxylic acids is 1. The average molecular weight is 452 g/mol. The molecule has 4 rings (SSSR count). The molecule has 1 atom stereocenters. The fourth-order valence-corrected chi connectivity index (χ4v) is 5.39. The predicted molar refractivity (Wildman–Crippen MR) is 125 cm³/mol. The van der Waals surface area contributed by atoms with E-state index in [4.69, 9.17) is 0 Å². The van der Waals surface area contributed by atoms with E-state index in [1.807, 2.05) is 26.0 Å². The average Bonchev–Trinajstić information content (AvgIpc) is 3.41. The van der Waals surface area contributed by atoms with Gasteiger partial charge in [-0.15, -0.1) is 21.5 Å². The molecule has 158 valence electrons. The lowest BCUT2D eigenvalue weighted by atomic mass is 9.73. The van der Waals surface area contributed by atoms with E-state index >= 15 is 0 Å². The largest absolute Gasteiger partial charge is 0.300 e. The molecule has 1 amide bonds. The maximum absolute atomic E-state index is 14.1. The molecule has 0 spiro atoms. The molecule has 0 aliphatic heterocycles. The van der Waals surface area contributed by atoms with E-state index < -0.39 is 5.41 Å². The van der Waals surface area contributed by atoms with E-state index in [9.17, 15) is 9.18 Å². The van der Waals surface area contributed by atoms with Gasteiger partial charge in [0.1, 0.15) is 11.3 Å². The van der Waals surface area contributed by atoms with Gasteiger partial charge in [-0.3, -0.25) is 4.79 Å². The molecule has 4 nitrogen and oxygen atoms in total. The zero-order valence-electron chi connectivity index (χ0n) is 17.4. The summed E-state index contributed by atoms with van der Waals surface area (Å²) >= 11 is 2.89. The number of halogens is 1. The van der Waals surface area contributed by atoms with Crippen molar-refractivity contribution in [1.29, 1.82) is 0 Å². The Balaban J connectivity index is 1.74. The minimum atomic E-state index is -0.866. The highest BCUT2D eigenvalue weighted by Gasteiger charge is 2.40. The Bertz CT molecular complexity index is 1180. The summed E-state index contributed by atoms with van der Waals surface area (Å²) in [5.74, 6) is -0.845. The van der Waals surface area contributed by atoms with Crippen molar-refractivity contribution in [3.63, 3.8) is 0 Å². The second-order valence-corrected chi connectivity index (χ2v) is 9.92. The summed E-state index contributed by atoms with van der Waals surface area (Å²) in [6.07, 6.45) is 0. The van der Waals surface area contributed by atoms with E-state index in [-0.39, 0.29) is 17.6 Å². The minimum absolute atomic E-state index is 0.191. The van der Waals surface area contributed by atoms with Gasteiger partial charge in [-0.25, -0.2) is 4.39 Å². The van der Waals surface area contributed by atoms with Crippen LogP contribution in [-0.4, -0.2) is 16.1 Å². The van der Waals surface area contributed by atoms with E-state index in [0.717, 1.165) is 20.9 Å². The number of thiophene rings is 1. The lowest BCUT2D eigenvalue weighted by Gasteiger charge is -2.32. The topological polar surface area (TPSA) is 54.9 Å². The smallest absolute Gasteiger partial charge is 0.232 e. The molecular formula is C24H22FN3OS2. The molecule has 0 aliphatic carbocycles. The Morgan fingerprint density at radius 2 is 1.87 bits per heavy atom. The molecule has 0 radical (unpaired) electrons. The number of aryl methyl sites for hydroxylation is 1. The van der Waals surface area contributed by atoms with Crippen molar-refractivity contribution in [2.24, 2.45) is 5.41 Å². The number of anilines is 1. The molecule has 31 heavy (non-hydrogen) atoms. The fraction of sp³-hybridized carbons (Fsp3) is 0.208. The first-order valence-electron chi connectivity index (χ1n) is 9.84. The quantitative estimate of drug-likeness (QED) is 0.363. The van der Waals surface area contributed by atoms with Gasteiger partial charge in [0.05, 0.1) is 5.41 Å². The van der Waals surface area contributed by atoms with Crippen molar-refractivity contribution in [2.75, 3.05) is 5.32 Å². The van der Waals surface area contributed by atoms with Crippen LogP contribution < -0.4 is 5.32 Å². The van der Waals surface area contributed by atoms with Crippen LogP contribution in [0.1, 0.15) is 35.8 Å². The molecule has 1 N–H and O–H groups in total. The summed E-state index contributed by atoms with van der Waals surface area (Å²) in [4.78, 5) is 15.4. The Labute approximate surface area is 188 Å². The molecule has 2 aromatic heterocycles. The Morgan fingerprint density at radius 1 is 1.10 bits per heavy atom. The van der Waals surface area contributed by atoms with Crippen molar-refractivity contribution in [3.8, 4) is 10.4 Å². The first-order chi connectivity index (χ1) is 14.8. The van der Waals surface area contributed by atoms with Crippen LogP contribution in [0.15, 0.2) is 66.2 Å². The van der Waals surface area contributed by atoms with Crippen LogP contribution >= 0.6 is 22.7 Å². The highest BCUT2D eigenvalue weighted by atomic mass is 32.1. The maximum atomic E-state index is 14.1. The van der Waals surface area contributed by atoms with Crippen LogP contribution in [0.2, 0.25) is 0 Å². The van der Waals surface area contributed by atoms with Crippen molar-refractivity contribution in [3.05, 3.63) is 88.0 Å². The summed E-state index contributed by atoms with van der Waals surface area (Å²) < 4.78 is 14.1. The van der Waals surface area contributed by atoms with Crippen LogP contribution in [0, 0.1) is 18.2 Å². The number of amides is 1. The first-order valence-corrected chi connectivity index (χ1v) is 11.5. The normalized spacial score (nSPS) is 12.5. The third-order valence-corrected chi connectivity index (χ3v) is 7.12. The first kappa shape index (κ1) is 21.3. The molecule has 0 bridgehead atoms. The number of hydrogen-bond acceptors (Lipinski definition) is 5. The number of nitrogens with one attached hydrogen (secondary N) is 1. The van der Waals surface area contributed by atoms with Gasteiger partial charge in [0.15, 0.2) is 0 Å². The van der Waals surface area contributed by atoms with Gasteiger partial charge in [-0.1, -0.05) is 67.1 Å². The van der Waals surface area contributed by atoms with Gasteiger partial charge < -0.3 is 5.32 Å². The van der Waals surface area contributed by atoms with Gasteiger partial charge in [-0.2, -0.15) is 0 Å². The maximum Gasteiger partial charge on any atom is 0.232 e. The lowest BCUT2D eigenvalue weighted by molar-refractivity contribution is -0.124. The number of rotatable bonds is 6. The molecule has 2 heterocycles. The van der Waals surface area contributed by atoms with Crippen molar-refractivity contribution < 1.29 is 9.18 Å². The zero-order chi connectivity index (χ0) is 22.0. The molecule has 0 fully saturated rings. The number of hydrogen-bond donors (Lipinski definition) is 1. The Kier molecular flexibility index (Phi) is 5.98. The van der Waals surface area contributed by atoms with Crippen LogP contribution in [0.3, 0.4) is 0 Å². The van der Waals surface area contributed by atoms with E-state index in [2.05, 4.69) is 52.8 Å². The highest BCUT2D eigenvalue weighted by molar-refractivity contribution is 7.15. The van der Waals surface area contributed by atoms with Crippen molar-refractivity contribution >= 4 is 33.7 Å². The summed E-state index contributed by atoms with van der Waals surface area (Å²) in [7, 11) is 0. The number of benzene rings is 2. The monoisotopic (exact) mass is 451 g/mol. The van der Waals surface area contributed by atoms with Gasteiger partial charge in [0.2, 0.25) is 11.0 Å². The predicted octanol–water partition coefficient (Wildman–Crippen LogP) is 6.51. The molecule has 4 aromatic rings. The van der Waals surface area contributed by atoms with E-state index in [1.165, 1.54) is 29.0 Å². The van der Waals surface area contributed by atoms with E-state index in [0.29, 0.717) is 5.13 Å². The van der Waals surface area contributed by atoms with Crippen molar-refractivity contribution in [1.82, 2.24) is 10.2 Å². The SMILES string of the molecule is Cc1ccc(-c2ccc([C@H](c3cccc(F)c3)C(C)(C)C(=O)Nc3nncs3)s2)cc1. The summed E-state index contributed by atoms with van der Waals surface area (Å²) in [5.41, 5.74) is 3.78. The molecule has 0 saturated heterocycles. The zero-order valence-corrected chi connectivity index (χ0v) is 19.1. The third kappa shape index (κ3) is 4.57. The van der Waals surface area contributed by atoms with Crippen molar-refractivity contribution in [2.45, 2.75) is 26.7 Å².